The first-order valence-corrected chi connectivity index (χ1v) is 16.7. The average molecular weight is 609 g/mol. The summed E-state index contributed by atoms with van der Waals surface area (Å²) in [5.74, 6) is 0. The molecule has 9 rings (SSSR count). The molecule has 0 amide bonds. The molecule has 0 bridgehead atoms. The zero-order valence-corrected chi connectivity index (χ0v) is 27.4. The van der Waals surface area contributed by atoms with Gasteiger partial charge >= 0.3 is 6.92 Å². The summed E-state index contributed by atoms with van der Waals surface area (Å²) in [4.78, 5) is 0. The maximum Gasteiger partial charge on any atom is 0.328 e. The third-order valence-corrected chi connectivity index (χ3v) is 11.0. The zero-order chi connectivity index (χ0) is 31.9. The van der Waals surface area contributed by atoms with Crippen LogP contribution < -0.4 is 5.46 Å². The van der Waals surface area contributed by atoms with Crippen LogP contribution in [-0.2, 0) is 4.65 Å². The lowest BCUT2D eigenvalue weighted by atomic mass is 9.54. The molecule has 1 aliphatic heterocycles. The van der Waals surface area contributed by atoms with E-state index >= 15 is 0 Å². The molecule has 0 atom stereocenters. The van der Waals surface area contributed by atoms with Crippen molar-refractivity contribution >= 4 is 56.0 Å². The number of hydrogen-bond donors (Lipinski definition) is 0. The summed E-state index contributed by atoms with van der Waals surface area (Å²) in [6.07, 6.45) is 0.986. The molecule has 0 saturated carbocycles. The van der Waals surface area contributed by atoms with Crippen LogP contribution in [0.5, 0.6) is 0 Å². The summed E-state index contributed by atoms with van der Waals surface area (Å²) >= 11 is 0. The van der Waals surface area contributed by atoms with Crippen molar-refractivity contribution < 1.29 is 4.65 Å². The van der Waals surface area contributed by atoms with Crippen LogP contribution in [0.3, 0.4) is 0 Å². The molecule has 1 aliphatic rings. The minimum Gasteiger partial charge on any atom is -0.426 e. The standard InChI is InChI=1S/C43H37BN2O/c1-42(2)28-44(47-43(42,3)4)30-22-24-32(29-14-6-5-7-15-29)41(26-30)46-39-21-13-10-18-35(39)36-27-31(23-25-40(36)46)45-37-19-11-8-16-33(37)34-17-9-12-20-38(34)45/h5-27H,28H2,1-4H3. The van der Waals surface area contributed by atoms with Crippen LogP contribution in [0, 0.1) is 5.41 Å². The topological polar surface area (TPSA) is 19.1 Å². The van der Waals surface area contributed by atoms with E-state index in [1.165, 1.54) is 71.6 Å². The van der Waals surface area contributed by atoms with Crippen molar-refractivity contribution in [1.82, 2.24) is 9.13 Å². The molecule has 6 aromatic carbocycles. The SMILES string of the molecule is CC1(C)CB(c2ccc(-c3ccccc3)c(-n3c4ccccc4c4cc(-n5c6ccccc6c6ccccc65)ccc43)c2)OC1(C)C. The molecular formula is C43H37BN2O. The molecule has 0 radical (unpaired) electrons. The van der Waals surface area contributed by atoms with Gasteiger partial charge in [0.25, 0.3) is 0 Å². The Morgan fingerprint density at radius 2 is 1.09 bits per heavy atom. The molecule has 47 heavy (non-hydrogen) atoms. The molecule has 4 heteroatoms. The summed E-state index contributed by atoms with van der Waals surface area (Å²) in [5, 5.41) is 5.03. The van der Waals surface area contributed by atoms with Gasteiger partial charge in [0.05, 0.1) is 33.4 Å². The molecule has 0 aliphatic carbocycles. The van der Waals surface area contributed by atoms with Gasteiger partial charge in [0.2, 0.25) is 0 Å². The number of fused-ring (bicyclic) bond motifs is 6. The van der Waals surface area contributed by atoms with Crippen molar-refractivity contribution in [2.45, 2.75) is 39.6 Å². The number of nitrogens with zero attached hydrogens (tertiary/aromatic N) is 2. The molecule has 0 spiro atoms. The van der Waals surface area contributed by atoms with Gasteiger partial charge in [0.15, 0.2) is 0 Å². The van der Waals surface area contributed by atoms with Gasteiger partial charge < -0.3 is 13.8 Å². The second-order valence-electron chi connectivity index (χ2n) is 14.3. The molecule has 3 heterocycles. The first kappa shape index (κ1) is 28.2. The fourth-order valence-electron chi connectivity index (χ4n) is 7.81. The van der Waals surface area contributed by atoms with E-state index in [2.05, 4.69) is 176 Å². The number of para-hydroxylation sites is 3. The first-order valence-electron chi connectivity index (χ1n) is 16.7. The van der Waals surface area contributed by atoms with Crippen LogP contribution in [0.15, 0.2) is 140 Å². The highest BCUT2D eigenvalue weighted by Crippen LogP contribution is 2.46. The van der Waals surface area contributed by atoms with Crippen molar-refractivity contribution in [2.24, 2.45) is 5.41 Å². The molecule has 1 saturated heterocycles. The van der Waals surface area contributed by atoms with Crippen LogP contribution in [0.25, 0.3) is 66.1 Å². The van der Waals surface area contributed by atoms with Gasteiger partial charge in [-0.3, -0.25) is 0 Å². The van der Waals surface area contributed by atoms with Crippen LogP contribution >= 0.6 is 0 Å². The maximum atomic E-state index is 6.76. The normalized spacial score (nSPS) is 15.8. The highest BCUT2D eigenvalue weighted by molar-refractivity contribution is 6.68. The van der Waals surface area contributed by atoms with E-state index in [0.29, 0.717) is 0 Å². The number of hydrogen-bond acceptors (Lipinski definition) is 1. The Bertz CT molecular complexity index is 2410. The lowest BCUT2D eigenvalue weighted by Crippen LogP contribution is -2.36. The van der Waals surface area contributed by atoms with E-state index in [0.717, 1.165) is 6.32 Å². The van der Waals surface area contributed by atoms with Crippen molar-refractivity contribution in [3.05, 3.63) is 140 Å². The predicted molar refractivity (Wildman–Crippen MR) is 200 cm³/mol. The second-order valence-corrected chi connectivity index (χ2v) is 14.3. The van der Waals surface area contributed by atoms with Gasteiger partial charge in [0, 0.05) is 32.8 Å². The van der Waals surface area contributed by atoms with E-state index < -0.39 is 0 Å². The number of rotatable bonds is 4. The van der Waals surface area contributed by atoms with E-state index in [-0.39, 0.29) is 17.9 Å². The highest BCUT2D eigenvalue weighted by atomic mass is 16.5. The Hall–Kier alpha value is -5.06. The average Bonchev–Trinajstić information content (AvgIpc) is 3.68. The molecule has 0 unspecified atom stereocenters. The second kappa shape index (κ2) is 10.2. The third-order valence-electron chi connectivity index (χ3n) is 11.0. The van der Waals surface area contributed by atoms with Crippen LogP contribution in [0.2, 0.25) is 6.32 Å². The van der Waals surface area contributed by atoms with Gasteiger partial charge in [0.1, 0.15) is 0 Å². The summed E-state index contributed by atoms with van der Waals surface area (Å²) in [6, 6.07) is 51.0. The van der Waals surface area contributed by atoms with Gasteiger partial charge in [-0.2, -0.15) is 0 Å². The van der Waals surface area contributed by atoms with Gasteiger partial charge in [-0.1, -0.05) is 111 Å². The van der Waals surface area contributed by atoms with Gasteiger partial charge in [-0.25, -0.2) is 0 Å². The minimum absolute atomic E-state index is 0.0403. The van der Waals surface area contributed by atoms with Crippen molar-refractivity contribution in [3.63, 3.8) is 0 Å². The Morgan fingerprint density at radius 3 is 1.70 bits per heavy atom. The number of aromatic nitrogens is 2. The fourth-order valence-corrected chi connectivity index (χ4v) is 7.81. The van der Waals surface area contributed by atoms with E-state index in [1.54, 1.807) is 0 Å². The minimum atomic E-state index is -0.202. The van der Waals surface area contributed by atoms with Crippen LogP contribution in [0.1, 0.15) is 27.7 Å². The Balaban J connectivity index is 1.30. The first-order chi connectivity index (χ1) is 22.8. The molecule has 228 valence electrons. The summed E-state index contributed by atoms with van der Waals surface area (Å²) in [7, 11) is 0. The smallest absolute Gasteiger partial charge is 0.328 e. The van der Waals surface area contributed by atoms with Crippen LogP contribution in [-0.4, -0.2) is 21.7 Å². The van der Waals surface area contributed by atoms with E-state index in [9.17, 15) is 0 Å². The summed E-state index contributed by atoms with van der Waals surface area (Å²) in [5.41, 5.74) is 10.7. The van der Waals surface area contributed by atoms with Gasteiger partial charge in [-0.15, -0.1) is 0 Å². The summed E-state index contributed by atoms with van der Waals surface area (Å²) < 4.78 is 11.6. The predicted octanol–water partition coefficient (Wildman–Crippen LogP) is 10.6. The van der Waals surface area contributed by atoms with Crippen molar-refractivity contribution in [2.75, 3.05) is 0 Å². The molecule has 2 aromatic heterocycles. The van der Waals surface area contributed by atoms with E-state index in [4.69, 9.17) is 4.65 Å². The quantitative estimate of drug-likeness (QED) is 0.182. The molecule has 0 N–H and O–H groups in total. The lowest BCUT2D eigenvalue weighted by Gasteiger charge is -2.34. The highest BCUT2D eigenvalue weighted by Gasteiger charge is 2.49. The van der Waals surface area contributed by atoms with Crippen LogP contribution in [0.4, 0.5) is 0 Å². The molecule has 8 aromatic rings. The molecule has 1 fully saturated rings. The van der Waals surface area contributed by atoms with Crippen molar-refractivity contribution in [3.8, 4) is 22.5 Å². The fraction of sp³-hybridized carbons (Fsp3) is 0.163. The number of benzene rings is 6. The van der Waals surface area contributed by atoms with E-state index in [1.807, 2.05) is 0 Å². The Kier molecular flexibility index (Phi) is 6.13. The lowest BCUT2D eigenvalue weighted by molar-refractivity contribution is 0.0375. The third kappa shape index (κ3) is 4.25. The molecular weight excluding hydrogens is 571 g/mol. The molecule has 3 nitrogen and oxygen atoms in total. The Labute approximate surface area is 276 Å². The maximum absolute atomic E-state index is 6.76. The Morgan fingerprint density at radius 1 is 0.532 bits per heavy atom. The van der Waals surface area contributed by atoms with Gasteiger partial charge in [-0.05, 0) is 79.1 Å². The monoisotopic (exact) mass is 608 g/mol. The summed E-state index contributed by atoms with van der Waals surface area (Å²) in [6.45, 7) is 9.16. The zero-order valence-electron chi connectivity index (χ0n) is 27.4. The van der Waals surface area contributed by atoms with Crippen molar-refractivity contribution in [1.29, 1.82) is 0 Å². The largest absolute Gasteiger partial charge is 0.426 e.